The van der Waals surface area contributed by atoms with Gasteiger partial charge in [-0.25, -0.2) is 4.98 Å². The Morgan fingerprint density at radius 2 is 2.05 bits per heavy atom. The van der Waals surface area contributed by atoms with Crippen molar-refractivity contribution in [2.24, 2.45) is 7.05 Å². The second-order valence-corrected chi connectivity index (χ2v) is 4.59. The Hall–Kier alpha value is -2.06. The third kappa shape index (κ3) is 3.40. The highest BCUT2D eigenvalue weighted by Crippen LogP contribution is 2.32. The standard InChI is InChI=1S/C14H15F3N2O3/c1-19-6-12(14(15,16)17)18-13(19)9-3-4-10(7-20)11(5-9)22-8-21-2/h3-6,20H,7-8H2,1-2H3. The molecular formula is C14H15F3N2O3. The van der Waals surface area contributed by atoms with E-state index in [4.69, 9.17) is 9.47 Å². The van der Waals surface area contributed by atoms with Gasteiger partial charge in [-0.05, 0) is 6.07 Å². The van der Waals surface area contributed by atoms with Crippen molar-refractivity contribution in [1.29, 1.82) is 0 Å². The van der Waals surface area contributed by atoms with Crippen molar-refractivity contribution >= 4 is 0 Å². The highest BCUT2D eigenvalue weighted by Gasteiger charge is 2.34. The van der Waals surface area contributed by atoms with Crippen LogP contribution in [0.5, 0.6) is 5.75 Å². The maximum absolute atomic E-state index is 12.7. The van der Waals surface area contributed by atoms with Gasteiger partial charge in [0.1, 0.15) is 11.6 Å². The number of imidazole rings is 1. The largest absolute Gasteiger partial charge is 0.467 e. The number of aryl methyl sites for hydroxylation is 1. The van der Waals surface area contributed by atoms with Gasteiger partial charge in [0, 0.05) is 31.5 Å². The van der Waals surface area contributed by atoms with Gasteiger partial charge in [0.2, 0.25) is 0 Å². The molecule has 1 N–H and O–H groups in total. The number of halogens is 3. The highest BCUT2D eigenvalue weighted by atomic mass is 19.4. The molecular weight excluding hydrogens is 301 g/mol. The number of aliphatic hydroxyl groups excluding tert-OH is 1. The van der Waals surface area contributed by atoms with E-state index >= 15 is 0 Å². The number of hydrogen-bond donors (Lipinski definition) is 1. The first-order valence-corrected chi connectivity index (χ1v) is 6.33. The molecule has 0 saturated heterocycles. The maximum Gasteiger partial charge on any atom is 0.434 e. The van der Waals surface area contributed by atoms with Crippen LogP contribution in [0.3, 0.4) is 0 Å². The number of benzene rings is 1. The average molecular weight is 316 g/mol. The van der Waals surface area contributed by atoms with Crippen LogP contribution in [0.1, 0.15) is 11.3 Å². The van der Waals surface area contributed by atoms with Gasteiger partial charge < -0.3 is 19.1 Å². The fraction of sp³-hybridized carbons (Fsp3) is 0.357. The van der Waals surface area contributed by atoms with Crippen LogP contribution in [0, 0.1) is 0 Å². The first-order chi connectivity index (χ1) is 10.4. The van der Waals surface area contributed by atoms with E-state index in [2.05, 4.69) is 4.98 Å². The summed E-state index contributed by atoms with van der Waals surface area (Å²) < 4.78 is 49.5. The van der Waals surface area contributed by atoms with Crippen LogP contribution in [-0.2, 0) is 24.6 Å². The predicted molar refractivity (Wildman–Crippen MR) is 72.1 cm³/mol. The topological polar surface area (TPSA) is 56.5 Å². The summed E-state index contributed by atoms with van der Waals surface area (Å²) >= 11 is 0. The molecule has 0 fully saturated rings. The van der Waals surface area contributed by atoms with Gasteiger partial charge in [-0.15, -0.1) is 0 Å². The summed E-state index contributed by atoms with van der Waals surface area (Å²) in [5.41, 5.74) is -0.0112. The monoisotopic (exact) mass is 316 g/mol. The molecule has 0 bridgehead atoms. The van der Waals surface area contributed by atoms with E-state index in [-0.39, 0.29) is 19.2 Å². The molecule has 0 unspecified atom stereocenters. The van der Waals surface area contributed by atoms with E-state index in [1.54, 1.807) is 12.1 Å². The Morgan fingerprint density at radius 1 is 1.32 bits per heavy atom. The van der Waals surface area contributed by atoms with Gasteiger partial charge in [0.15, 0.2) is 12.5 Å². The summed E-state index contributed by atoms with van der Waals surface area (Å²) in [6, 6.07) is 4.67. The summed E-state index contributed by atoms with van der Waals surface area (Å²) in [5, 5.41) is 9.25. The summed E-state index contributed by atoms with van der Waals surface area (Å²) in [4.78, 5) is 3.62. The minimum Gasteiger partial charge on any atom is -0.467 e. The van der Waals surface area contributed by atoms with Gasteiger partial charge >= 0.3 is 6.18 Å². The normalized spacial score (nSPS) is 11.7. The second-order valence-electron chi connectivity index (χ2n) is 4.59. The summed E-state index contributed by atoms with van der Waals surface area (Å²) in [7, 11) is 2.92. The third-order valence-corrected chi connectivity index (χ3v) is 2.99. The first kappa shape index (κ1) is 16.3. The molecule has 0 saturated carbocycles. The fourth-order valence-electron chi connectivity index (χ4n) is 1.95. The van der Waals surface area contributed by atoms with Crippen LogP contribution in [0.25, 0.3) is 11.4 Å². The van der Waals surface area contributed by atoms with Crippen molar-refractivity contribution in [2.75, 3.05) is 13.9 Å². The smallest absolute Gasteiger partial charge is 0.434 e. The minimum atomic E-state index is -4.50. The Balaban J connectivity index is 2.42. The van der Waals surface area contributed by atoms with E-state index in [0.29, 0.717) is 16.9 Å². The molecule has 0 spiro atoms. The van der Waals surface area contributed by atoms with E-state index in [9.17, 15) is 18.3 Å². The molecule has 0 aliphatic heterocycles. The molecule has 5 nitrogen and oxygen atoms in total. The third-order valence-electron chi connectivity index (χ3n) is 2.99. The Morgan fingerprint density at radius 3 is 2.59 bits per heavy atom. The predicted octanol–water partition coefficient (Wildman–Crippen LogP) is 2.58. The second kappa shape index (κ2) is 6.37. The number of hydrogen-bond acceptors (Lipinski definition) is 4. The first-order valence-electron chi connectivity index (χ1n) is 6.33. The summed E-state index contributed by atoms with van der Waals surface area (Å²) in [6.45, 7) is -0.293. The molecule has 2 rings (SSSR count). The van der Waals surface area contributed by atoms with Crippen molar-refractivity contribution in [2.45, 2.75) is 12.8 Å². The van der Waals surface area contributed by atoms with Crippen LogP contribution in [-0.4, -0.2) is 28.6 Å². The number of methoxy groups -OCH3 is 1. The zero-order valence-electron chi connectivity index (χ0n) is 12.0. The van der Waals surface area contributed by atoms with Crippen molar-refractivity contribution in [3.8, 4) is 17.1 Å². The number of alkyl halides is 3. The average Bonchev–Trinajstić information content (AvgIpc) is 2.87. The lowest BCUT2D eigenvalue weighted by molar-refractivity contribution is -0.140. The lowest BCUT2D eigenvalue weighted by atomic mass is 10.1. The fourth-order valence-corrected chi connectivity index (χ4v) is 1.95. The number of nitrogens with zero attached hydrogens (tertiary/aromatic N) is 2. The van der Waals surface area contributed by atoms with E-state index in [1.165, 1.54) is 24.8 Å². The van der Waals surface area contributed by atoms with Crippen LogP contribution in [0.4, 0.5) is 13.2 Å². The molecule has 0 amide bonds. The van der Waals surface area contributed by atoms with E-state index in [1.807, 2.05) is 0 Å². The van der Waals surface area contributed by atoms with Crippen molar-refractivity contribution in [3.63, 3.8) is 0 Å². The molecule has 0 atom stereocenters. The van der Waals surface area contributed by atoms with Gasteiger partial charge in [-0.1, -0.05) is 12.1 Å². The van der Waals surface area contributed by atoms with Crippen molar-refractivity contribution in [1.82, 2.24) is 9.55 Å². The molecule has 1 aromatic carbocycles. The maximum atomic E-state index is 12.7. The van der Waals surface area contributed by atoms with Crippen molar-refractivity contribution in [3.05, 3.63) is 35.7 Å². The number of rotatable bonds is 5. The number of ether oxygens (including phenoxy) is 2. The minimum absolute atomic E-state index is 0.0369. The van der Waals surface area contributed by atoms with Crippen LogP contribution < -0.4 is 4.74 Å². The molecule has 1 heterocycles. The molecule has 2 aromatic rings. The Labute approximate surface area is 124 Å². The molecule has 8 heteroatoms. The van der Waals surface area contributed by atoms with Crippen molar-refractivity contribution < 1.29 is 27.8 Å². The van der Waals surface area contributed by atoms with Crippen LogP contribution in [0.2, 0.25) is 0 Å². The van der Waals surface area contributed by atoms with Gasteiger partial charge in [-0.3, -0.25) is 0 Å². The number of aromatic nitrogens is 2. The SMILES string of the molecule is COCOc1cc(-c2nc(C(F)(F)F)cn2C)ccc1CO. The zero-order valence-corrected chi connectivity index (χ0v) is 12.0. The highest BCUT2D eigenvalue weighted by molar-refractivity contribution is 5.60. The Kier molecular flexibility index (Phi) is 4.72. The zero-order chi connectivity index (χ0) is 16.3. The molecule has 22 heavy (non-hydrogen) atoms. The molecule has 0 aliphatic rings. The van der Waals surface area contributed by atoms with Gasteiger partial charge in [-0.2, -0.15) is 13.2 Å². The summed E-state index contributed by atoms with van der Waals surface area (Å²) in [6.07, 6.45) is -3.58. The molecule has 120 valence electrons. The lowest BCUT2D eigenvalue weighted by Crippen LogP contribution is -2.05. The van der Waals surface area contributed by atoms with Crippen LogP contribution >= 0.6 is 0 Å². The number of aliphatic hydroxyl groups is 1. The Bertz CT molecular complexity index is 653. The molecule has 0 radical (unpaired) electrons. The van der Waals surface area contributed by atoms with E-state index in [0.717, 1.165) is 6.20 Å². The molecule has 0 aliphatic carbocycles. The molecule has 1 aromatic heterocycles. The van der Waals surface area contributed by atoms with Gasteiger partial charge in [0.05, 0.1) is 6.61 Å². The quantitative estimate of drug-likeness (QED) is 0.862. The van der Waals surface area contributed by atoms with Crippen LogP contribution in [0.15, 0.2) is 24.4 Å². The van der Waals surface area contributed by atoms with E-state index < -0.39 is 11.9 Å². The lowest BCUT2D eigenvalue weighted by Gasteiger charge is -2.11. The van der Waals surface area contributed by atoms with Gasteiger partial charge in [0.25, 0.3) is 0 Å². The summed E-state index contributed by atoms with van der Waals surface area (Å²) in [5.74, 6) is 0.484.